The molecule has 0 bridgehead atoms. The molecule has 1 unspecified atom stereocenters. The number of phenols is 3. The molecule has 208 valence electrons. The second kappa shape index (κ2) is 9.16. The molecule has 0 aliphatic carbocycles. The van der Waals surface area contributed by atoms with Gasteiger partial charge in [0.1, 0.15) is 5.75 Å². The minimum absolute atomic E-state index is 0.193. The predicted octanol–water partition coefficient (Wildman–Crippen LogP) is 9.06. The molecule has 2 aliphatic heterocycles. The summed E-state index contributed by atoms with van der Waals surface area (Å²) in [4.78, 5) is 4.38. The minimum Gasteiger partial charge on any atom is -0.508 e. The van der Waals surface area contributed by atoms with Crippen LogP contribution in [0.15, 0.2) is 133 Å². The first-order valence-corrected chi connectivity index (χ1v) is 14.3. The van der Waals surface area contributed by atoms with E-state index < -0.39 is 5.41 Å². The Morgan fingerprint density at radius 1 is 0.419 bits per heavy atom. The van der Waals surface area contributed by atoms with E-state index >= 15 is 0 Å². The first-order chi connectivity index (χ1) is 21.0. The second-order valence-electron chi connectivity index (χ2n) is 11.1. The van der Waals surface area contributed by atoms with Gasteiger partial charge < -0.3 is 25.1 Å². The van der Waals surface area contributed by atoms with E-state index in [-0.39, 0.29) is 17.2 Å². The number of aromatic hydroxyl groups is 3. The quantitative estimate of drug-likeness (QED) is 0.184. The Balaban J connectivity index is 1.58. The van der Waals surface area contributed by atoms with Gasteiger partial charge in [0, 0.05) is 17.4 Å². The van der Waals surface area contributed by atoms with Crippen LogP contribution in [0.2, 0.25) is 0 Å². The van der Waals surface area contributed by atoms with Crippen molar-refractivity contribution >= 4 is 34.1 Å². The fraction of sp³-hybridized carbons (Fsp3) is 0.0526. The molecular weight excluding hydrogens is 532 g/mol. The van der Waals surface area contributed by atoms with Gasteiger partial charge in [0.05, 0.1) is 28.2 Å². The number of para-hydroxylation sites is 4. The smallest absolute Gasteiger partial charge is 0.159 e. The van der Waals surface area contributed by atoms with Crippen molar-refractivity contribution in [3.63, 3.8) is 0 Å². The highest BCUT2D eigenvalue weighted by Gasteiger charge is 2.52. The van der Waals surface area contributed by atoms with Crippen molar-refractivity contribution in [3.05, 3.63) is 161 Å². The Kier molecular flexibility index (Phi) is 5.34. The van der Waals surface area contributed by atoms with E-state index in [1.54, 1.807) is 12.1 Å². The molecule has 2 heterocycles. The minimum atomic E-state index is -0.940. The summed E-state index contributed by atoms with van der Waals surface area (Å²) in [5.74, 6) is -0.208. The summed E-state index contributed by atoms with van der Waals surface area (Å²) < 4.78 is 0. The van der Waals surface area contributed by atoms with Crippen LogP contribution in [0.3, 0.4) is 0 Å². The Morgan fingerprint density at radius 2 is 0.837 bits per heavy atom. The molecule has 0 fully saturated rings. The van der Waals surface area contributed by atoms with Gasteiger partial charge in [0.2, 0.25) is 0 Å². The fourth-order valence-electron chi connectivity index (χ4n) is 7.03. The molecule has 6 aromatic rings. The first kappa shape index (κ1) is 25.1. The Morgan fingerprint density at radius 3 is 1.37 bits per heavy atom. The fourth-order valence-corrected chi connectivity index (χ4v) is 7.03. The zero-order valence-corrected chi connectivity index (χ0v) is 23.4. The lowest BCUT2D eigenvalue weighted by molar-refractivity contribution is 0.402. The molecule has 8 rings (SSSR count). The topological polar surface area (TPSA) is 67.2 Å². The van der Waals surface area contributed by atoms with Crippen LogP contribution in [0.1, 0.15) is 27.8 Å². The van der Waals surface area contributed by atoms with Crippen LogP contribution in [0.4, 0.5) is 34.1 Å². The number of phenolic OH excluding ortho intramolecular Hbond substituents is 3. The number of anilines is 6. The van der Waals surface area contributed by atoms with Gasteiger partial charge in [0.25, 0.3) is 0 Å². The highest BCUT2D eigenvalue weighted by molar-refractivity contribution is 5.97. The largest absolute Gasteiger partial charge is 0.508 e. The van der Waals surface area contributed by atoms with Crippen LogP contribution >= 0.6 is 0 Å². The van der Waals surface area contributed by atoms with E-state index in [1.165, 1.54) is 0 Å². The van der Waals surface area contributed by atoms with E-state index in [0.29, 0.717) is 0 Å². The molecule has 5 heteroatoms. The Hall–Kier alpha value is -5.68. The molecule has 0 amide bonds. The number of hydrogen-bond acceptors (Lipinski definition) is 5. The maximum absolute atomic E-state index is 11.3. The van der Waals surface area contributed by atoms with Crippen LogP contribution in [0.25, 0.3) is 0 Å². The van der Waals surface area contributed by atoms with Gasteiger partial charge >= 0.3 is 0 Å². The van der Waals surface area contributed by atoms with Crippen molar-refractivity contribution in [2.24, 2.45) is 0 Å². The highest BCUT2D eigenvalue weighted by Crippen LogP contribution is 2.65. The maximum Gasteiger partial charge on any atom is 0.159 e. The monoisotopic (exact) mass is 560 g/mol. The number of fused-ring (bicyclic) bond motifs is 8. The van der Waals surface area contributed by atoms with Crippen molar-refractivity contribution in [2.45, 2.75) is 12.3 Å². The van der Waals surface area contributed by atoms with Crippen molar-refractivity contribution in [2.75, 3.05) is 9.80 Å². The molecule has 0 aromatic heterocycles. The molecule has 6 aromatic carbocycles. The number of aryl methyl sites for hydroxylation is 1. The van der Waals surface area contributed by atoms with Gasteiger partial charge in [-0.15, -0.1) is 0 Å². The van der Waals surface area contributed by atoms with Crippen molar-refractivity contribution < 1.29 is 15.3 Å². The predicted molar refractivity (Wildman–Crippen MR) is 171 cm³/mol. The third kappa shape index (κ3) is 3.39. The normalized spacial score (nSPS) is 16.3. The van der Waals surface area contributed by atoms with Crippen molar-refractivity contribution in [1.29, 1.82) is 0 Å². The molecule has 0 saturated heterocycles. The van der Waals surface area contributed by atoms with Crippen LogP contribution < -0.4 is 9.80 Å². The number of nitrogens with zero attached hydrogens (tertiary/aromatic N) is 2. The Bertz CT molecular complexity index is 1890. The van der Waals surface area contributed by atoms with E-state index in [9.17, 15) is 15.3 Å². The zero-order valence-electron chi connectivity index (χ0n) is 23.4. The molecule has 43 heavy (non-hydrogen) atoms. The van der Waals surface area contributed by atoms with Gasteiger partial charge in [0.15, 0.2) is 11.5 Å². The standard InChI is InChI=1S/C38H28N2O3/c1-24-20-33-29(21-35(24)41)38(27-16-8-10-18-31(27)39(33)25-12-4-2-5-13-25)28-17-9-11-19-32(28)40(26-14-6-3-7-15-26)34-23-37(43)36(42)22-30(34)38/h2-23,41-43H,1H3. The van der Waals surface area contributed by atoms with Gasteiger partial charge in [-0.2, -0.15) is 0 Å². The molecule has 1 atom stereocenters. The van der Waals surface area contributed by atoms with Crippen LogP contribution in [0, 0.1) is 6.92 Å². The van der Waals surface area contributed by atoms with E-state index in [0.717, 1.165) is 61.9 Å². The second-order valence-corrected chi connectivity index (χ2v) is 11.1. The summed E-state index contributed by atoms with van der Waals surface area (Å²) in [5, 5.41) is 33.3. The third-order valence-electron chi connectivity index (χ3n) is 8.82. The first-order valence-electron chi connectivity index (χ1n) is 14.3. The number of hydrogen-bond donors (Lipinski definition) is 3. The van der Waals surface area contributed by atoms with E-state index in [4.69, 9.17) is 0 Å². The van der Waals surface area contributed by atoms with E-state index in [1.807, 2.05) is 91.9 Å². The molecule has 5 nitrogen and oxygen atoms in total. The molecule has 3 N–H and O–H groups in total. The average molecular weight is 561 g/mol. The van der Waals surface area contributed by atoms with Crippen molar-refractivity contribution in [1.82, 2.24) is 0 Å². The summed E-state index contributed by atoms with van der Waals surface area (Å²) in [6.45, 7) is 1.91. The molecule has 0 radical (unpaired) electrons. The SMILES string of the molecule is Cc1cc2c(cc1O)C1(c3ccccc3N2c2ccccc2)c2ccccc2N(c2ccccc2)c2cc(O)c(O)cc21. The summed E-state index contributed by atoms with van der Waals surface area (Å²) >= 11 is 0. The summed E-state index contributed by atoms with van der Waals surface area (Å²) in [6.07, 6.45) is 0. The lowest BCUT2D eigenvalue weighted by atomic mass is 9.60. The van der Waals surface area contributed by atoms with Gasteiger partial charge in [-0.25, -0.2) is 0 Å². The summed E-state index contributed by atoms with van der Waals surface area (Å²) in [6, 6.07) is 44.1. The average Bonchev–Trinajstić information content (AvgIpc) is 3.04. The maximum atomic E-state index is 11.3. The molecule has 1 spiro atoms. The van der Waals surface area contributed by atoms with Gasteiger partial charge in [-0.3, -0.25) is 0 Å². The lowest BCUT2D eigenvalue weighted by Gasteiger charge is -2.51. The third-order valence-corrected chi connectivity index (χ3v) is 8.82. The van der Waals surface area contributed by atoms with Gasteiger partial charge in [-0.05, 0) is 89.3 Å². The van der Waals surface area contributed by atoms with Crippen LogP contribution in [-0.4, -0.2) is 15.3 Å². The zero-order chi connectivity index (χ0) is 29.3. The summed E-state index contributed by atoms with van der Waals surface area (Å²) in [5.41, 5.74) is 9.05. The Labute approximate surface area is 249 Å². The summed E-state index contributed by atoms with van der Waals surface area (Å²) in [7, 11) is 0. The molecule has 2 aliphatic rings. The van der Waals surface area contributed by atoms with Gasteiger partial charge in [-0.1, -0.05) is 72.8 Å². The number of benzene rings is 6. The lowest BCUT2D eigenvalue weighted by Crippen LogP contribution is -2.42. The highest BCUT2D eigenvalue weighted by atomic mass is 16.3. The molecule has 0 saturated carbocycles. The molecular formula is C38H28N2O3. The number of rotatable bonds is 2. The van der Waals surface area contributed by atoms with Crippen LogP contribution in [-0.2, 0) is 5.41 Å². The van der Waals surface area contributed by atoms with E-state index in [2.05, 4.69) is 46.2 Å². The van der Waals surface area contributed by atoms with Crippen molar-refractivity contribution in [3.8, 4) is 17.2 Å². The van der Waals surface area contributed by atoms with Crippen LogP contribution in [0.5, 0.6) is 17.2 Å².